The van der Waals surface area contributed by atoms with Crippen LogP contribution in [0.4, 0.5) is 22.0 Å². The molecule has 36 heavy (non-hydrogen) atoms. The third-order valence-corrected chi connectivity index (χ3v) is 6.59. The monoisotopic (exact) mass is 522 g/mol. The number of fused-ring (bicyclic) bond motifs is 1. The van der Waals surface area contributed by atoms with E-state index in [1.165, 1.54) is 12.1 Å². The molecule has 1 N–H and O–H groups in total. The minimum atomic E-state index is -5.08. The van der Waals surface area contributed by atoms with Crippen LogP contribution in [0.1, 0.15) is 39.2 Å². The Morgan fingerprint density at radius 2 is 1.83 bits per heavy atom. The van der Waals surface area contributed by atoms with E-state index in [-0.39, 0.29) is 29.8 Å². The summed E-state index contributed by atoms with van der Waals surface area (Å²) < 4.78 is 64.7. The summed E-state index contributed by atoms with van der Waals surface area (Å²) in [6, 6.07) is 4.18. The van der Waals surface area contributed by atoms with E-state index in [0.717, 1.165) is 6.07 Å². The number of nitrogens with zero attached hydrogens (tertiary/aromatic N) is 2. The second-order valence-electron chi connectivity index (χ2n) is 9.23. The molecule has 3 rings (SSSR count). The molecule has 2 atom stereocenters. The third-order valence-electron chi connectivity index (χ3n) is 6.59. The van der Waals surface area contributed by atoms with Gasteiger partial charge in [-0.15, -0.1) is 0 Å². The van der Waals surface area contributed by atoms with Gasteiger partial charge in [0.2, 0.25) is 5.91 Å². The number of aliphatic carboxylic acids is 1. The maximum absolute atomic E-state index is 14.0. The quantitative estimate of drug-likeness (QED) is 0.469. The van der Waals surface area contributed by atoms with Crippen LogP contribution in [0.3, 0.4) is 0 Å². The molecule has 7 nitrogen and oxygen atoms in total. The number of rotatable bonds is 5. The third kappa shape index (κ3) is 6.92. The van der Waals surface area contributed by atoms with Gasteiger partial charge in [0.25, 0.3) is 0 Å². The summed E-state index contributed by atoms with van der Waals surface area (Å²) in [5, 5.41) is 7.12. The smallest absolute Gasteiger partial charge is 0.475 e. The van der Waals surface area contributed by atoms with Crippen LogP contribution in [0.2, 0.25) is 0 Å². The normalized spacial score (nSPS) is 22.4. The first-order valence-electron chi connectivity index (χ1n) is 11.6. The number of alkyl halides is 3. The number of halogens is 5. The average molecular weight is 523 g/mol. The van der Waals surface area contributed by atoms with E-state index in [1.54, 1.807) is 11.8 Å². The van der Waals surface area contributed by atoms with Crippen molar-refractivity contribution in [2.24, 2.45) is 11.3 Å². The molecular weight excluding hydrogens is 491 g/mol. The van der Waals surface area contributed by atoms with Crippen molar-refractivity contribution in [1.82, 2.24) is 9.80 Å². The predicted octanol–water partition coefficient (Wildman–Crippen LogP) is 3.65. The van der Waals surface area contributed by atoms with Crippen LogP contribution in [0.25, 0.3) is 0 Å². The molecule has 2 aliphatic heterocycles. The molecule has 202 valence electrons. The molecule has 0 bridgehead atoms. The molecule has 2 saturated heterocycles. The number of esters is 1. The van der Waals surface area contributed by atoms with Gasteiger partial charge >= 0.3 is 18.1 Å². The summed E-state index contributed by atoms with van der Waals surface area (Å²) in [6.45, 7) is 8.62. The van der Waals surface area contributed by atoms with Gasteiger partial charge in [0.1, 0.15) is 0 Å². The molecule has 2 aliphatic rings. The summed E-state index contributed by atoms with van der Waals surface area (Å²) in [5.74, 6) is -5.13. The molecule has 1 aromatic rings. The number of benzene rings is 1. The van der Waals surface area contributed by atoms with Crippen molar-refractivity contribution < 1.29 is 46.2 Å². The minimum Gasteiger partial charge on any atom is -0.475 e. The van der Waals surface area contributed by atoms with E-state index in [0.29, 0.717) is 51.7 Å². The number of likely N-dealkylation sites (tertiary alicyclic amines) is 2. The SMILES string of the molecule is CCOC(=O)[C@]12CCCN(C(=O)Cc3cccc(F)c3F)C[C@H]1CN(C(C)C)C2.O=C(O)C(F)(F)F. The lowest BCUT2D eigenvalue weighted by molar-refractivity contribution is -0.192. The van der Waals surface area contributed by atoms with Crippen LogP contribution < -0.4 is 0 Å². The molecule has 0 aromatic heterocycles. The second-order valence-corrected chi connectivity index (χ2v) is 9.23. The standard InChI is InChI=1S/C22H30F2N2O3.C2HF3O2/c1-4-29-21(28)22-9-6-10-25(12-17(22)13-26(14-22)15(2)3)19(27)11-16-7-5-8-18(23)20(16)24;3-2(4,5)1(6)7/h5,7-8,15,17H,4,6,9-14H2,1-3H3;(H,6,7)/t17-,22-;/m0./s1. The fourth-order valence-electron chi connectivity index (χ4n) is 4.66. The number of carbonyl (C=O) groups is 3. The Kier molecular flexibility index (Phi) is 9.81. The number of carboxylic acid groups (broad SMARTS) is 1. The van der Waals surface area contributed by atoms with E-state index >= 15 is 0 Å². The van der Waals surface area contributed by atoms with Crippen LogP contribution >= 0.6 is 0 Å². The molecule has 2 fully saturated rings. The van der Waals surface area contributed by atoms with E-state index in [9.17, 15) is 31.5 Å². The first kappa shape index (κ1) is 29.5. The summed E-state index contributed by atoms with van der Waals surface area (Å²) in [7, 11) is 0. The van der Waals surface area contributed by atoms with Gasteiger partial charge in [0.15, 0.2) is 11.6 Å². The highest BCUT2D eigenvalue weighted by molar-refractivity contribution is 5.80. The highest BCUT2D eigenvalue weighted by Crippen LogP contribution is 2.44. The zero-order chi connectivity index (χ0) is 27.3. The van der Waals surface area contributed by atoms with Crippen LogP contribution in [-0.2, 0) is 25.5 Å². The van der Waals surface area contributed by atoms with Gasteiger partial charge in [-0.05, 0) is 39.7 Å². The fraction of sp³-hybridized carbons (Fsp3) is 0.625. The van der Waals surface area contributed by atoms with Gasteiger partial charge in [-0.2, -0.15) is 13.2 Å². The summed E-state index contributed by atoms with van der Waals surface area (Å²) >= 11 is 0. The fourth-order valence-corrected chi connectivity index (χ4v) is 4.66. The topological polar surface area (TPSA) is 87.2 Å². The van der Waals surface area contributed by atoms with Gasteiger partial charge in [-0.3, -0.25) is 14.5 Å². The van der Waals surface area contributed by atoms with Crippen LogP contribution in [0, 0.1) is 23.0 Å². The predicted molar refractivity (Wildman–Crippen MR) is 119 cm³/mol. The van der Waals surface area contributed by atoms with Crippen molar-refractivity contribution in [3.8, 4) is 0 Å². The largest absolute Gasteiger partial charge is 0.490 e. The Labute approximate surface area is 206 Å². The maximum atomic E-state index is 14.0. The number of hydrogen-bond donors (Lipinski definition) is 1. The van der Waals surface area contributed by atoms with Gasteiger partial charge in [-0.1, -0.05) is 12.1 Å². The minimum absolute atomic E-state index is 0.0345. The molecule has 12 heteroatoms. The molecular formula is C24H31F5N2O5. The van der Waals surface area contributed by atoms with Gasteiger partial charge in [0.05, 0.1) is 18.4 Å². The Morgan fingerprint density at radius 1 is 1.19 bits per heavy atom. The lowest BCUT2D eigenvalue weighted by atomic mass is 9.75. The van der Waals surface area contributed by atoms with Crippen molar-refractivity contribution in [3.05, 3.63) is 35.4 Å². The molecule has 0 unspecified atom stereocenters. The summed E-state index contributed by atoms with van der Waals surface area (Å²) in [4.78, 5) is 38.7. The first-order chi connectivity index (χ1) is 16.7. The molecule has 0 saturated carbocycles. The lowest BCUT2D eigenvalue weighted by Crippen LogP contribution is -2.44. The number of carbonyl (C=O) groups excluding carboxylic acids is 2. The first-order valence-corrected chi connectivity index (χ1v) is 11.6. The summed E-state index contributed by atoms with van der Waals surface area (Å²) in [6.07, 6.45) is -3.92. The van der Waals surface area contributed by atoms with Gasteiger partial charge in [-0.25, -0.2) is 13.6 Å². The second kappa shape index (κ2) is 12.0. The molecule has 0 aliphatic carbocycles. The molecule has 0 radical (unpaired) electrons. The molecule has 1 aromatic carbocycles. The summed E-state index contributed by atoms with van der Waals surface area (Å²) in [5.41, 5.74) is -0.550. The highest BCUT2D eigenvalue weighted by atomic mass is 19.4. The molecule has 1 amide bonds. The Bertz CT molecular complexity index is 955. The Hall–Kier alpha value is -2.76. The Balaban J connectivity index is 0.000000572. The molecule has 0 spiro atoms. The van der Waals surface area contributed by atoms with Crippen molar-refractivity contribution in [2.45, 2.75) is 52.3 Å². The van der Waals surface area contributed by atoms with Gasteiger partial charge in [0, 0.05) is 43.7 Å². The average Bonchev–Trinajstić information content (AvgIpc) is 3.06. The van der Waals surface area contributed by atoms with Crippen LogP contribution in [0.5, 0.6) is 0 Å². The molecule has 2 heterocycles. The number of ether oxygens (including phenoxy) is 1. The lowest BCUT2D eigenvalue weighted by Gasteiger charge is -2.31. The zero-order valence-corrected chi connectivity index (χ0v) is 20.4. The zero-order valence-electron chi connectivity index (χ0n) is 20.4. The van der Waals surface area contributed by atoms with Crippen molar-refractivity contribution >= 4 is 17.8 Å². The van der Waals surface area contributed by atoms with Crippen molar-refractivity contribution in [3.63, 3.8) is 0 Å². The number of carboxylic acids is 1. The van der Waals surface area contributed by atoms with E-state index in [1.807, 2.05) is 0 Å². The van der Waals surface area contributed by atoms with Gasteiger partial charge < -0.3 is 14.7 Å². The van der Waals surface area contributed by atoms with E-state index in [2.05, 4.69) is 18.7 Å². The van der Waals surface area contributed by atoms with Crippen molar-refractivity contribution in [2.75, 3.05) is 32.8 Å². The Morgan fingerprint density at radius 3 is 2.39 bits per heavy atom. The van der Waals surface area contributed by atoms with Crippen LogP contribution in [-0.4, -0.2) is 77.8 Å². The van der Waals surface area contributed by atoms with Crippen LogP contribution in [0.15, 0.2) is 18.2 Å². The number of hydrogen-bond acceptors (Lipinski definition) is 5. The number of amides is 1. The van der Waals surface area contributed by atoms with E-state index < -0.39 is 29.2 Å². The van der Waals surface area contributed by atoms with E-state index in [4.69, 9.17) is 14.6 Å². The highest BCUT2D eigenvalue weighted by Gasteiger charge is 2.54. The van der Waals surface area contributed by atoms with Crippen molar-refractivity contribution in [1.29, 1.82) is 0 Å². The maximum Gasteiger partial charge on any atom is 0.490 e.